The van der Waals surface area contributed by atoms with Crippen LogP contribution in [0.1, 0.15) is 78.3 Å². The van der Waals surface area contributed by atoms with Gasteiger partial charge in [-0.15, -0.1) is 0 Å². The summed E-state index contributed by atoms with van der Waals surface area (Å²) in [5.41, 5.74) is 3.74. The van der Waals surface area contributed by atoms with Crippen LogP contribution in [0, 0.1) is 5.92 Å². The van der Waals surface area contributed by atoms with Gasteiger partial charge in [0.2, 0.25) is 17.7 Å². The number of alkyl halides is 2. The summed E-state index contributed by atoms with van der Waals surface area (Å²) in [6.45, 7) is 5.59. The summed E-state index contributed by atoms with van der Waals surface area (Å²) in [6, 6.07) is 16.2. The first-order valence-electron chi connectivity index (χ1n) is 22.5. The monoisotopic (exact) mass is 905 g/mol. The number of nitrogens with zero attached hydrogens (tertiary/aromatic N) is 8. The molecule has 3 N–H and O–H groups in total. The molecule has 9 rings (SSSR count). The van der Waals surface area contributed by atoms with Gasteiger partial charge in [-0.3, -0.25) is 33.7 Å². The minimum atomic E-state index is -2.93. The number of fused-ring (bicyclic) bond motifs is 1. The maximum absolute atomic E-state index is 14.2. The lowest BCUT2D eigenvalue weighted by Crippen LogP contribution is -2.44. The van der Waals surface area contributed by atoms with E-state index in [0.29, 0.717) is 48.1 Å². The molecule has 0 spiro atoms. The van der Waals surface area contributed by atoms with Crippen molar-refractivity contribution in [1.29, 1.82) is 0 Å². The molecule has 1 saturated carbocycles. The van der Waals surface area contributed by atoms with Gasteiger partial charge in [-0.05, 0) is 106 Å². The first kappa shape index (κ1) is 44.6. The minimum Gasteiger partial charge on any atom is -0.444 e. The van der Waals surface area contributed by atoms with Gasteiger partial charge < -0.3 is 24.7 Å². The van der Waals surface area contributed by atoms with E-state index in [1.54, 1.807) is 29.9 Å². The molecule has 0 radical (unpaired) electrons. The number of hydrogen-bond donors (Lipinski definition) is 3. The number of halogens is 2. The Bertz CT molecular complexity index is 2780. The average Bonchev–Trinajstić information content (AvgIpc) is 3.73. The third-order valence-electron chi connectivity index (χ3n) is 12.5. The van der Waals surface area contributed by atoms with Crippen LogP contribution < -0.4 is 21.6 Å². The van der Waals surface area contributed by atoms with Crippen LogP contribution in [-0.2, 0) is 34.3 Å². The number of hydrogen-bond acceptors (Lipinski definition) is 12. The number of imidazole rings is 1. The molecule has 4 aromatic heterocycles. The van der Waals surface area contributed by atoms with Crippen LogP contribution >= 0.6 is 0 Å². The Morgan fingerprint density at radius 3 is 2.64 bits per heavy atom. The highest BCUT2D eigenvalue weighted by Crippen LogP contribution is 2.31. The number of anilines is 2. The van der Waals surface area contributed by atoms with Gasteiger partial charge in [-0.2, -0.15) is 5.10 Å². The van der Waals surface area contributed by atoms with Crippen molar-refractivity contribution in [2.24, 2.45) is 13.0 Å². The van der Waals surface area contributed by atoms with E-state index in [1.165, 1.54) is 34.6 Å². The van der Waals surface area contributed by atoms with E-state index < -0.39 is 30.0 Å². The fourth-order valence-corrected chi connectivity index (χ4v) is 8.67. The molecular formula is C47H53F2N11O6. The normalized spacial score (nSPS) is 18.1. The number of morpholine rings is 1. The fraction of sp³-hybridized carbons (Fsp3) is 0.426. The van der Waals surface area contributed by atoms with Crippen LogP contribution in [0.2, 0.25) is 0 Å². The highest BCUT2D eigenvalue weighted by Gasteiger charge is 2.31. The first-order chi connectivity index (χ1) is 31.9. The molecule has 3 aliphatic rings. The number of piperidine rings is 1. The lowest BCUT2D eigenvalue weighted by atomic mass is 10.0. The van der Waals surface area contributed by atoms with Crippen molar-refractivity contribution >= 4 is 40.3 Å². The van der Waals surface area contributed by atoms with Crippen molar-refractivity contribution < 1.29 is 32.3 Å². The summed E-state index contributed by atoms with van der Waals surface area (Å²) in [4.78, 5) is 63.9. The number of carbonyl (C=O) groups excluding carboxylic acids is 3. The second-order valence-corrected chi connectivity index (χ2v) is 17.5. The van der Waals surface area contributed by atoms with Gasteiger partial charge >= 0.3 is 5.69 Å². The van der Waals surface area contributed by atoms with Crippen LogP contribution in [0.5, 0.6) is 0 Å². The Morgan fingerprint density at radius 1 is 1.03 bits per heavy atom. The van der Waals surface area contributed by atoms with Gasteiger partial charge in [0.25, 0.3) is 12.3 Å². The Hall–Kier alpha value is -6.57. The maximum Gasteiger partial charge on any atom is 0.329 e. The lowest BCUT2D eigenvalue weighted by Gasteiger charge is -2.33. The molecule has 2 atom stereocenters. The quantitative estimate of drug-likeness (QED) is 0.0893. The highest BCUT2D eigenvalue weighted by molar-refractivity contribution is 6.03. The topological polar surface area (TPSA) is 187 Å². The lowest BCUT2D eigenvalue weighted by molar-refractivity contribution is -0.135. The zero-order valence-corrected chi connectivity index (χ0v) is 36.9. The number of nitrogens with one attached hydrogen (secondary N) is 3. The summed E-state index contributed by atoms with van der Waals surface area (Å²) in [5, 5.41) is 12.3. The van der Waals surface area contributed by atoms with Gasteiger partial charge in [0.1, 0.15) is 18.1 Å². The molecule has 2 aromatic carbocycles. The molecule has 346 valence electrons. The van der Waals surface area contributed by atoms with E-state index in [4.69, 9.17) is 9.15 Å². The Balaban J connectivity index is 0.735. The molecular weight excluding hydrogens is 853 g/mol. The molecule has 17 nitrogen and oxygen atoms in total. The molecule has 3 amide bonds. The highest BCUT2D eigenvalue weighted by atomic mass is 19.3. The second-order valence-electron chi connectivity index (χ2n) is 17.5. The summed E-state index contributed by atoms with van der Waals surface area (Å²) >= 11 is 0. The number of imide groups is 1. The predicted molar refractivity (Wildman–Crippen MR) is 241 cm³/mol. The van der Waals surface area contributed by atoms with Crippen molar-refractivity contribution in [1.82, 2.24) is 44.0 Å². The number of amides is 3. The van der Waals surface area contributed by atoms with Crippen molar-refractivity contribution in [3.05, 3.63) is 106 Å². The van der Waals surface area contributed by atoms with Crippen LogP contribution in [0.15, 0.2) is 82.5 Å². The maximum atomic E-state index is 14.2. The standard InChI is InChI=1S/C47H53F2N11O6/c1-56(19-16-34-26-58(20-21-65-34)18-3-4-29-9-12-37-39(22-29)57(2)47(64)60(37)38-13-14-41(61)54-45(38)63)25-31-7-10-33(11-8-31)59-27-35(42(55-59)43(48)49)52-44(62)36-28-66-46(53-36)32-15-17-50-40(23-32)51-24-30-5-6-30/h7-12,15,17,22-23,27-28,30,34,38,43H,3-6,13-14,16,18-21,24-26H2,1-2H3,(H,50,51)(H,52,62)(H,54,61,63)/t34-,38?/m0/s1. The molecule has 1 aliphatic carbocycles. The van der Waals surface area contributed by atoms with E-state index in [0.717, 1.165) is 68.6 Å². The third-order valence-corrected chi connectivity index (χ3v) is 12.5. The smallest absolute Gasteiger partial charge is 0.329 e. The zero-order valence-electron chi connectivity index (χ0n) is 36.9. The van der Waals surface area contributed by atoms with E-state index in [-0.39, 0.29) is 41.4 Å². The van der Waals surface area contributed by atoms with Crippen molar-refractivity contribution in [2.45, 2.75) is 70.1 Å². The Kier molecular flexibility index (Phi) is 13.2. The van der Waals surface area contributed by atoms with E-state index >= 15 is 0 Å². The minimum absolute atomic E-state index is 0.0657. The van der Waals surface area contributed by atoms with Crippen molar-refractivity contribution in [2.75, 3.05) is 57.0 Å². The van der Waals surface area contributed by atoms with Crippen LogP contribution in [-0.4, -0.2) is 109 Å². The van der Waals surface area contributed by atoms with Crippen LogP contribution in [0.4, 0.5) is 20.3 Å². The van der Waals surface area contributed by atoms with Gasteiger partial charge in [-0.1, -0.05) is 18.2 Å². The van der Waals surface area contributed by atoms with E-state index in [2.05, 4.69) is 47.9 Å². The SMILES string of the molecule is CN(CC[C@H]1CN(CCCc2ccc3c(c2)n(C)c(=O)n3C2CCC(=O)NC2=O)CCO1)Cc1ccc(-n2cc(NC(=O)c3coc(-c4ccnc(NCC5CC5)c4)n3)c(C(F)F)n2)cc1. The number of aryl methyl sites for hydroxylation is 2. The van der Waals surface area contributed by atoms with Crippen LogP contribution in [0.3, 0.4) is 0 Å². The predicted octanol–water partition coefficient (Wildman–Crippen LogP) is 5.72. The van der Waals surface area contributed by atoms with E-state index in [1.807, 2.05) is 42.5 Å². The first-order valence-corrected chi connectivity index (χ1v) is 22.5. The number of carbonyl (C=O) groups is 3. The summed E-state index contributed by atoms with van der Waals surface area (Å²) in [5.74, 6) is 0.0761. The van der Waals surface area contributed by atoms with Gasteiger partial charge in [0, 0.05) is 58.0 Å². The molecule has 19 heteroatoms. The summed E-state index contributed by atoms with van der Waals surface area (Å²) in [7, 11) is 3.76. The van der Waals surface area contributed by atoms with Crippen molar-refractivity contribution in [3.63, 3.8) is 0 Å². The second kappa shape index (κ2) is 19.5. The number of benzene rings is 2. The number of rotatable bonds is 18. The van der Waals surface area contributed by atoms with Gasteiger partial charge in [0.05, 0.1) is 41.3 Å². The molecule has 6 aromatic rings. The molecule has 1 unspecified atom stereocenters. The number of ether oxygens (including phenoxy) is 1. The molecule has 0 bridgehead atoms. The molecule has 6 heterocycles. The van der Waals surface area contributed by atoms with Gasteiger partial charge in [-0.25, -0.2) is 28.2 Å². The average molecular weight is 906 g/mol. The zero-order chi connectivity index (χ0) is 45.9. The van der Waals surface area contributed by atoms with Gasteiger partial charge in [0.15, 0.2) is 11.4 Å². The third kappa shape index (κ3) is 10.3. The summed E-state index contributed by atoms with van der Waals surface area (Å²) < 4.78 is 44.4. The van der Waals surface area contributed by atoms with Crippen LogP contribution in [0.25, 0.3) is 28.2 Å². The molecule has 2 saturated heterocycles. The number of aromatic nitrogens is 6. The number of pyridine rings is 1. The summed E-state index contributed by atoms with van der Waals surface area (Å²) in [6.07, 6.45) is 6.88. The molecule has 66 heavy (non-hydrogen) atoms. The largest absolute Gasteiger partial charge is 0.444 e. The molecule has 2 aliphatic heterocycles. The Morgan fingerprint density at radius 2 is 1.85 bits per heavy atom. The van der Waals surface area contributed by atoms with Crippen molar-refractivity contribution in [3.8, 4) is 17.1 Å². The Labute approximate surface area is 379 Å². The number of oxazole rings is 1. The fourth-order valence-electron chi connectivity index (χ4n) is 8.67. The molecule has 3 fully saturated rings. The van der Waals surface area contributed by atoms with E-state index in [9.17, 15) is 28.0 Å².